The number of fused-ring (bicyclic) bond motifs is 1. The maximum Gasteiger partial charge on any atom is 0.409 e. The number of ether oxygens (including phenoxy) is 3. The minimum Gasteiger partial charge on any atom is -0.497 e. The van der Waals surface area contributed by atoms with E-state index < -0.39 is 9.89 Å². The second-order valence-electron chi connectivity index (χ2n) is 7.96. The largest absolute Gasteiger partial charge is 0.497 e. The average molecular weight is 479 g/mol. The predicted octanol–water partition coefficient (Wildman–Crippen LogP) is 4.88. The molecule has 1 aromatic carbocycles. The van der Waals surface area contributed by atoms with E-state index in [1.807, 2.05) is 18.2 Å². The lowest BCUT2D eigenvalue weighted by Crippen LogP contribution is -2.55. The van der Waals surface area contributed by atoms with Gasteiger partial charge in [-0.25, -0.2) is 4.79 Å². The third-order valence-electron chi connectivity index (χ3n) is 6.07. The number of esters is 1. The van der Waals surface area contributed by atoms with Gasteiger partial charge in [0, 0.05) is 25.4 Å². The van der Waals surface area contributed by atoms with E-state index in [9.17, 15) is 9.59 Å². The Morgan fingerprint density at radius 2 is 2.03 bits per heavy atom. The van der Waals surface area contributed by atoms with Crippen molar-refractivity contribution in [3.05, 3.63) is 29.8 Å². The number of hydrogen-bond donors (Lipinski definition) is 0. The number of amides is 1. The van der Waals surface area contributed by atoms with Crippen LogP contribution in [0.4, 0.5) is 4.79 Å². The Morgan fingerprint density at radius 1 is 1.27 bits per heavy atom. The summed E-state index contributed by atoms with van der Waals surface area (Å²) in [5, 5.41) is 0. The summed E-state index contributed by atoms with van der Waals surface area (Å²) in [6.07, 6.45) is 2.37. The highest BCUT2D eigenvalue weighted by Gasteiger charge is 2.50. The molecule has 30 heavy (non-hydrogen) atoms. The normalized spacial score (nSPS) is 26.5. The quantitative estimate of drug-likeness (QED) is 0.456. The van der Waals surface area contributed by atoms with Crippen molar-refractivity contribution in [1.82, 2.24) is 4.90 Å². The van der Waals surface area contributed by atoms with Crippen LogP contribution in [0, 0.1) is 5.92 Å². The molecule has 9 heteroatoms. The van der Waals surface area contributed by atoms with Crippen molar-refractivity contribution < 1.29 is 23.8 Å². The SMILES string of the molecule is COc1cccc(C23CCN(C(=O)OCC(Cl)(Cl)Cl)CC2CCC(OC(C)=O)C3)c1. The lowest BCUT2D eigenvalue weighted by molar-refractivity contribution is -0.150. The fraction of sp³-hybridized carbons (Fsp3) is 0.619. The highest BCUT2D eigenvalue weighted by molar-refractivity contribution is 6.67. The summed E-state index contributed by atoms with van der Waals surface area (Å²) in [5.41, 5.74) is 0.914. The van der Waals surface area contributed by atoms with Crippen LogP contribution in [-0.2, 0) is 19.7 Å². The fourth-order valence-corrected chi connectivity index (χ4v) is 4.93. The number of nitrogens with zero attached hydrogens (tertiary/aromatic N) is 1. The number of likely N-dealkylation sites (tertiary alicyclic amines) is 1. The van der Waals surface area contributed by atoms with Crippen molar-refractivity contribution in [2.45, 2.75) is 47.9 Å². The molecule has 0 spiro atoms. The van der Waals surface area contributed by atoms with Crippen LogP contribution in [0.25, 0.3) is 0 Å². The van der Waals surface area contributed by atoms with Gasteiger partial charge in [-0.3, -0.25) is 4.79 Å². The number of piperidine rings is 1. The molecular formula is C21H26Cl3NO5. The van der Waals surface area contributed by atoms with Crippen LogP contribution in [0.5, 0.6) is 5.75 Å². The molecule has 0 aromatic heterocycles. The lowest BCUT2D eigenvalue weighted by Gasteiger charge is -2.52. The highest BCUT2D eigenvalue weighted by Crippen LogP contribution is 2.50. The molecule has 3 rings (SSSR count). The van der Waals surface area contributed by atoms with Gasteiger partial charge in [0.1, 0.15) is 18.5 Å². The van der Waals surface area contributed by atoms with Crippen molar-refractivity contribution >= 4 is 46.9 Å². The summed E-state index contributed by atoms with van der Waals surface area (Å²) in [6, 6.07) is 8.00. The molecule has 1 aromatic rings. The first-order valence-corrected chi connectivity index (χ1v) is 11.1. The molecule has 1 aliphatic heterocycles. The zero-order valence-corrected chi connectivity index (χ0v) is 19.3. The van der Waals surface area contributed by atoms with Crippen LogP contribution in [0.1, 0.15) is 38.2 Å². The van der Waals surface area contributed by atoms with E-state index in [1.54, 1.807) is 12.0 Å². The fourth-order valence-electron chi connectivity index (χ4n) is 4.77. The predicted molar refractivity (Wildman–Crippen MR) is 115 cm³/mol. The number of hydrogen-bond acceptors (Lipinski definition) is 5. The summed E-state index contributed by atoms with van der Waals surface area (Å²) < 4.78 is 14.5. The molecule has 1 amide bonds. The molecule has 1 saturated carbocycles. The summed E-state index contributed by atoms with van der Waals surface area (Å²) in [5.74, 6) is 0.692. The summed E-state index contributed by atoms with van der Waals surface area (Å²) >= 11 is 17.1. The monoisotopic (exact) mass is 477 g/mol. The molecule has 2 aliphatic rings. The van der Waals surface area contributed by atoms with Crippen LogP contribution >= 0.6 is 34.8 Å². The van der Waals surface area contributed by atoms with Crippen molar-refractivity contribution in [2.75, 3.05) is 26.8 Å². The van der Waals surface area contributed by atoms with Crippen LogP contribution < -0.4 is 4.74 Å². The Hall–Kier alpha value is -1.37. The number of carbonyl (C=O) groups is 2. The molecule has 3 unspecified atom stereocenters. The van der Waals surface area contributed by atoms with Crippen LogP contribution in [0.15, 0.2) is 24.3 Å². The van der Waals surface area contributed by atoms with Gasteiger partial charge in [-0.1, -0.05) is 46.9 Å². The van der Waals surface area contributed by atoms with Gasteiger partial charge in [0.15, 0.2) is 0 Å². The summed E-state index contributed by atoms with van der Waals surface area (Å²) in [7, 11) is 1.64. The first-order valence-electron chi connectivity index (χ1n) is 9.93. The van der Waals surface area contributed by atoms with Crippen LogP contribution in [0.2, 0.25) is 0 Å². The minimum absolute atomic E-state index is 0.146. The van der Waals surface area contributed by atoms with Crippen LogP contribution in [-0.4, -0.2) is 53.7 Å². The van der Waals surface area contributed by atoms with Gasteiger partial charge in [-0.05, 0) is 49.3 Å². The van der Waals surface area contributed by atoms with Gasteiger partial charge in [0.2, 0.25) is 3.79 Å². The Bertz CT molecular complexity index is 784. The minimum atomic E-state index is -1.64. The molecule has 3 atom stereocenters. The molecule has 1 aliphatic carbocycles. The van der Waals surface area contributed by atoms with Crippen molar-refractivity contribution in [2.24, 2.45) is 5.92 Å². The second kappa shape index (κ2) is 9.41. The van der Waals surface area contributed by atoms with Crippen LogP contribution in [0.3, 0.4) is 0 Å². The molecule has 166 valence electrons. The van der Waals surface area contributed by atoms with Gasteiger partial charge in [-0.15, -0.1) is 0 Å². The van der Waals surface area contributed by atoms with Gasteiger partial charge in [0.05, 0.1) is 7.11 Å². The maximum absolute atomic E-state index is 12.5. The molecule has 0 N–H and O–H groups in total. The molecule has 2 fully saturated rings. The second-order valence-corrected chi connectivity index (χ2v) is 10.5. The van der Waals surface area contributed by atoms with Gasteiger partial charge in [0.25, 0.3) is 0 Å². The molecule has 6 nitrogen and oxygen atoms in total. The topological polar surface area (TPSA) is 65.1 Å². The third-order valence-corrected chi connectivity index (χ3v) is 6.40. The Morgan fingerprint density at radius 3 is 2.70 bits per heavy atom. The number of halogens is 3. The number of methoxy groups -OCH3 is 1. The number of benzene rings is 1. The Labute approximate surface area is 191 Å². The van der Waals surface area contributed by atoms with E-state index >= 15 is 0 Å². The molecule has 1 saturated heterocycles. The van der Waals surface area contributed by atoms with Gasteiger partial charge in [-0.2, -0.15) is 0 Å². The van der Waals surface area contributed by atoms with Gasteiger partial charge < -0.3 is 19.1 Å². The van der Waals surface area contributed by atoms with Gasteiger partial charge >= 0.3 is 12.1 Å². The summed E-state index contributed by atoms with van der Waals surface area (Å²) in [4.78, 5) is 25.7. The smallest absolute Gasteiger partial charge is 0.409 e. The van der Waals surface area contributed by atoms with Crippen molar-refractivity contribution in [1.29, 1.82) is 0 Å². The van der Waals surface area contributed by atoms with Crippen molar-refractivity contribution in [3.63, 3.8) is 0 Å². The van der Waals surface area contributed by atoms with E-state index in [1.165, 1.54) is 6.92 Å². The molecule has 0 bridgehead atoms. The zero-order chi connectivity index (χ0) is 21.9. The number of alkyl halides is 3. The molecule has 1 heterocycles. The van der Waals surface area contributed by atoms with Crippen molar-refractivity contribution in [3.8, 4) is 5.75 Å². The Kier molecular flexibility index (Phi) is 7.31. The first-order chi connectivity index (χ1) is 14.1. The average Bonchev–Trinajstić information content (AvgIpc) is 2.70. The third kappa shape index (κ3) is 5.45. The maximum atomic E-state index is 12.5. The molecule has 0 radical (unpaired) electrons. The Balaban J connectivity index is 1.82. The zero-order valence-electron chi connectivity index (χ0n) is 17.0. The number of rotatable bonds is 4. The number of carbonyl (C=O) groups excluding carboxylic acids is 2. The van der Waals surface area contributed by atoms with E-state index in [0.717, 1.165) is 24.2 Å². The van der Waals surface area contributed by atoms with E-state index in [2.05, 4.69) is 6.07 Å². The molecular weight excluding hydrogens is 453 g/mol. The standard InChI is InChI=1S/C21H26Cl3NO5/c1-14(26)30-18-7-6-16-12-25(19(27)29-13-21(22,23)24)9-8-20(16,11-18)15-4-3-5-17(10-15)28-2/h3-5,10,16,18H,6-9,11-13H2,1-2H3. The first kappa shape index (κ1) is 23.3. The highest BCUT2D eigenvalue weighted by atomic mass is 35.6. The van der Waals surface area contributed by atoms with E-state index in [-0.39, 0.29) is 30.0 Å². The lowest BCUT2D eigenvalue weighted by atomic mass is 9.58. The van der Waals surface area contributed by atoms with E-state index in [4.69, 9.17) is 49.0 Å². The summed E-state index contributed by atoms with van der Waals surface area (Å²) in [6.45, 7) is 2.17. The van der Waals surface area contributed by atoms with E-state index in [0.29, 0.717) is 25.9 Å².